The molecule has 1 heterocycles. The van der Waals surface area contributed by atoms with Crippen molar-refractivity contribution in [2.24, 2.45) is 5.92 Å². The van der Waals surface area contributed by atoms with Crippen molar-refractivity contribution in [2.75, 3.05) is 45.7 Å². The van der Waals surface area contributed by atoms with E-state index < -0.39 is 5.82 Å². The molecule has 7 nitrogen and oxygen atoms in total. The molecule has 0 aromatic heterocycles. The zero-order chi connectivity index (χ0) is 25.5. The second-order valence-corrected chi connectivity index (χ2v) is 9.26. The van der Waals surface area contributed by atoms with Gasteiger partial charge in [0.2, 0.25) is 0 Å². The number of halogens is 1. The first-order valence-electron chi connectivity index (χ1n) is 12.1. The van der Waals surface area contributed by atoms with Gasteiger partial charge in [0, 0.05) is 50.6 Å². The molecule has 0 bridgehead atoms. The van der Waals surface area contributed by atoms with Crippen LogP contribution < -0.4 is 10.1 Å². The number of amides is 2. The zero-order valence-corrected chi connectivity index (χ0v) is 21.2. The Kier molecular flexibility index (Phi) is 9.23. The molecule has 0 radical (unpaired) electrons. The summed E-state index contributed by atoms with van der Waals surface area (Å²) in [6.45, 7) is 9.03. The van der Waals surface area contributed by atoms with Gasteiger partial charge < -0.3 is 19.7 Å². The Bertz CT molecular complexity index is 1010. The third-order valence-corrected chi connectivity index (χ3v) is 6.45. The summed E-state index contributed by atoms with van der Waals surface area (Å²) in [4.78, 5) is 30.0. The maximum absolute atomic E-state index is 13.3. The minimum atomic E-state index is -0.409. The fraction of sp³-hybridized carbons (Fsp3) is 0.481. The number of carbonyl (C=O) groups excluding carboxylic acids is 2. The molecule has 1 N–H and O–H groups in total. The zero-order valence-electron chi connectivity index (χ0n) is 21.2. The van der Waals surface area contributed by atoms with E-state index in [0.717, 1.165) is 19.5 Å². The normalized spacial score (nSPS) is 21.9. The highest BCUT2D eigenvalue weighted by Gasteiger charge is 2.28. The molecule has 0 unspecified atom stereocenters. The van der Waals surface area contributed by atoms with Crippen LogP contribution in [0.4, 0.5) is 10.1 Å². The molecule has 3 atom stereocenters. The summed E-state index contributed by atoms with van der Waals surface area (Å²) < 4.78 is 25.1. The van der Waals surface area contributed by atoms with Crippen LogP contribution in [0.25, 0.3) is 0 Å². The highest BCUT2D eigenvalue weighted by Crippen LogP contribution is 2.27. The summed E-state index contributed by atoms with van der Waals surface area (Å²) in [6.07, 6.45) is 0.914. The van der Waals surface area contributed by atoms with E-state index in [0.29, 0.717) is 35.7 Å². The second-order valence-electron chi connectivity index (χ2n) is 9.26. The third-order valence-electron chi connectivity index (χ3n) is 6.45. The Hall–Kier alpha value is -2.97. The average Bonchev–Trinajstić information content (AvgIpc) is 2.84. The van der Waals surface area contributed by atoms with Gasteiger partial charge in [-0.25, -0.2) is 4.39 Å². The quantitative estimate of drug-likeness (QED) is 0.684. The molecule has 0 saturated heterocycles. The molecule has 190 valence electrons. The molecule has 8 heteroatoms. The van der Waals surface area contributed by atoms with Gasteiger partial charge in [-0.2, -0.15) is 0 Å². The lowest BCUT2D eigenvalue weighted by molar-refractivity contribution is 0.0108. The first-order chi connectivity index (χ1) is 16.7. The van der Waals surface area contributed by atoms with E-state index in [9.17, 15) is 14.0 Å². The number of anilines is 1. The number of nitrogens with one attached hydrogen (secondary N) is 1. The van der Waals surface area contributed by atoms with Crippen molar-refractivity contribution < 1.29 is 23.5 Å². The third kappa shape index (κ3) is 6.80. The highest BCUT2D eigenvalue weighted by atomic mass is 19.1. The Labute approximate surface area is 207 Å². The lowest BCUT2D eigenvalue weighted by Crippen LogP contribution is -2.46. The number of benzene rings is 2. The van der Waals surface area contributed by atoms with Crippen LogP contribution in [0.2, 0.25) is 0 Å². The van der Waals surface area contributed by atoms with E-state index in [2.05, 4.69) is 31.0 Å². The van der Waals surface area contributed by atoms with Gasteiger partial charge in [-0.15, -0.1) is 0 Å². The number of hydrogen-bond acceptors (Lipinski definition) is 5. The van der Waals surface area contributed by atoms with Gasteiger partial charge in [-0.05, 0) is 62.2 Å². The van der Waals surface area contributed by atoms with Crippen LogP contribution in [0.3, 0.4) is 0 Å². The van der Waals surface area contributed by atoms with Gasteiger partial charge >= 0.3 is 0 Å². The van der Waals surface area contributed by atoms with E-state index in [1.807, 2.05) is 0 Å². The topological polar surface area (TPSA) is 71.1 Å². The summed E-state index contributed by atoms with van der Waals surface area (Å²) in [7, 11) is 3.44. The molecular formula is C27H36FN3O4. The van der Waals surface area contributed by atoms with Gasteiger partial charge in [-0.1, -0.05) is 13.8 Å². The summed E-state index contributed by atoms with van der Waals surface area (Å²) >= 11 is 0. The molecule has 0 fully saturated rings. The SMILES string of the molecule is CCCN1C[C@@H](C)[C@H](OC)CN(C)C(=O)c2ccc(NC(=O)c3ccc(F)cc3)cc2OC[C@@H]1C. The van der Waals surface area contributed by atoms with Crippen molar-refractivity contribution in [2.45, 2.75) is 39.3 Å². The number of ether oxygens (including phenoxy) is 2. The monoisotopic (exact) mass is 485 g/mol. The van der Waals surface area contributed by atoms with E-state index in [1.54, 1.807) is 37.3 Å². The van der Waals surface area contributed by atoms with Gasteiger partial charge in [0.25, 0.3) is 11.8 Å². The number of methoxy groups -OCH3 is 1. The largest absolute Gasteiger partial charge is 0.491 e. The minimum absolute atomic E-state index is 0.103. The van der Waals surface area contributed by atoms with Crippen molar-refractivity contribution in [3.05, 3.63) is 59.4 Å². The molecule has 35 heavy (non-hydrogen) atoms. The summed E-state index contributed by atoms with van der Waals surface area (Å²) in [5.41, 5.74) is 1.24. The highest BCUT2D eigenvalue weighted by molar-refractivity contribution is 6.05. The van der Waals surface area contributed by atoms with E-state index in [-0.39, 0.29) is 29.9 Å². The predicted octanol–water partition coefficient (Wildman–Crippen LogP) is 4.29. The van der Waals surface area contributed by atoms with Gasteiger partial charge in [0.05, 0.1) is 11.7 Å². The Morgan fingerprint density at radius 3 is 2.54 bits per heavy atom. The van der Waals surface area contributed by atoms with Crippen LogP contribution in [-0.4, -0.2) is 74.2 Å². The Morgan fingerprint density at radius 1 is 1.17 bits per heavy atom. The summed E-state index contributed by atoms with van der Waals surface area (Å²) in [5.74, 6) is -0.323. The maximum atomic E-state index is 13.3. The van der Waals surface area contributed by atoms with Crippen LogP contribution in [0.5, 0.6) is 5.75 Å². The number of likely N-dealkylation sites (N-methyl/N-ethyl adjacent to an activating group) is 1. The predicted molar refractivity (Wildman–Crippen MR) is 135 cm³/mol. The molecule has 1 aliphatic heterocycles. The van der Waals surface area contributed by atoms with Gasteiger partial charge in [0.1, 0.15) is 18.2 Å². The van der Waals surface area contributed by atoms with Crippen molar-refractivity contribution in [1.82, 2.24) is 9.80 Å². The maximum Gasteiger partial charge on any atom is 0.257 e. The second kappa shape index (κ2) is 12.1. The Morgan fingerprint density at radius 2 is 1.89 bits per heavy atom. The number of nitrogens with zero attached hydrogens (tertiary/aromatic N) is 2. The fourth-order valence-corrected chi connectivity index (χ4v) is 4.33. The molecule has 1 aliphatic rings. The first kappa shape index (κ1) is 26.6. The van der Waals surface area contributed by atoms with E-state index in [4.69, 9.17) is 9.47 Å². The minimum Gasteiger partial charge on any atom is -0.491 e. The molecule has 3 rings (SSSR count). The van der Waals surface area contributed by atoms with Gasteiger partial charge in [0.15, 0.2) is 0 Å². The number of hydrogen-bond donors (Lipinski definition) is 1. The lowest BCUT2D eigenvalue weighted by atomic mass is 10.0. The van der Waals surface area contributed by atoms with Crippen molar-refractivity contribution in [3.8, 4) is 5.75 Å². The van der Waals surface area contributed by atoms with Crippen molar-refractivity contribution in [3.63, 3.8) is 0 Å². The summed E-state index contributed by atoms with van der Waals surface area (Å²) in [5, 5.41) is 2.81. The number of fused-ring (bicyclic) bond motifs is 1. The van der Waals surface area contributed by atoms with Crippen LogP contribution in [0, 0.1) is 11.7 Å². The van der Waals surface area contributed by atoms with Crippen LogP contribution >= 0.6 is 0 Å². The molecule has 0 aliphatic carbocycles. The number of carbonyl (C=O) groups is 2. The molecule has 2 aromatic carbocycles. The van der Waals surface area contributed by atoms with Crippen molar-refractivity contribution in [1.29, 1.82) is 0 Å². The van der Waals surface area contributed by atoms with E-state index in [1.165, 1.54) is 24.3 Å². The molecule has 0 saturated carbocycles. The fourth-order valence-electron chi connectivity index (χ4n) is 4.33. The van der Waals surface area contributed by atoms with Crippen molar-refractivity contribution >= 4 is 17.5 Å². The lowest BCUT2D eigenvalue weighted by Gasteiger charge is -2.35. The van der Waals surface area contributed by atoms with Crippen LogP contribution in [0.1, 0.15) is 47.9 Å². The molecule has 2 aromatic rings. The van der Waals surface area contributed by atoms with Crippen LogP contribution in [-0.2, 0) is 4.74 Å². The van der Waals surface area contributed by atoms with Crippen LogP contribution in [0.15, 0.2) is 42.5 Å². The smallest absolute Gasteiger partial charge is 0.257 e. The molecular weight excluding hydrogens is 449 g/mol. The summed E-state index contributed by atoms with van der Waals surface area (Å²) in [6, 6.07) is 10.4. The first-order valence-corrected chi connectivity index (χ1v) is 12.1. The average molecular weight is 486 g/mol. The Balaban J connectivity index is 1.90. The molecule has 2 amide bonds. The molecule has 0 spiro atoms. The van der Waals surface area contributed by atoms with Gasteiger partial charge in [-0.3, -0.25) is 14.5 Å². The van der Waals surface area contributed by atoms with E-state index >= 15 is 0 Å². The standard InChI is InChI=1S/C27H36FN3O4/c1-6-13-31-15-18(2)25(34-5)16-30(4)27(33)23-12-11-22(14-24(23)35-17-19(31)3)29-26(32)20-7-9-21(28)10-8-20/h7-12,14,18-19,25H,6,13,15-17H2,1-5H3,(H,29,32)/t18-,19+,25-/m1/s1. The number of rotatable bonds is 5.